The van der Waals surface area contributed by atoms with Crippen molar-refractivity contribution >= 4 is 10.0 Å². The van der Waals surface area contributed by atoms with Crippen LogP contribution in [0.15, 0.2) is 29.2 Å². The Morgan fingerprint density at radius 3 is 2.57 bits per heavy atom. The predicted octanol–water partition coefficient (Wildman–Crippen LogP) is 1.33. The highest BCUT2D eigenvalue weighted by Gasteiger charge is 2.25. The van der Waals surface area contributed by atoms with Crippen molar-refractivity contribution in [1.29, 1.82) is 0 Å². The minimum absolute atomic E-state index is 0.0187. The maximum Gasteiger partial charge on any atom is 0.241 e. The fourth-order valence-corrected chi connectivity index (χ4v) is 4.31. The molecule has 0 unspecified atom stereocenters. The average Bonchev–Trinajstić information content (AvgIpc) is 2.49. The fourth-order valence-electron chi connectivity index (χ4n) is 2.77. The number of nitrogens with one attached hydrogen (secondary N) is 1. The van der Waals surface area contributed by atoms with Gasteiger partial charge in [0, 0.05) is 6.04 Å². The zero-order chi connectivity index (χ0) is 15.3. The maximum atomic E-state index is 12.5. The van der Waals surface area contributed by atoms with E-state index in [1.807, 2.05) is 0 Å². The van der Waals surface area contributed by atoms with Gasteiger partial charge in [-0.3, -0.25) is 0 Å². The van der Waals surface area contributed by atoms with Gasteiger partial charge in [-0.1, -0.05) is 25.1 Å². The molecule has 2 rings (SSSR count). The Bertz CT molecular complexity index is 552. The third kappa shape index (κ3) is 4.26. The molecule has 1 fully saturated rings. The number of nitrogens with zero attached hydrogens (tertiary/aromatic N) is 1. The number of sulfonamides is 1. The molecule has 1 aliphatic heterocycles. The molecule has 0 bridgehead atoms. The summed E-state index contributed by atoms with van der Waals surface area (Å²) in [5.41, 5.74) is 0.438. The highest BCUT2D eigenvalue weighted by molar-refractivity contribution is 7.89. The van der Waals surface area contributed by atoms with E-state index < -0.39 is 10.0 Å². The van der Waals surface area contributed by atoms with E-state index in [9.17, 15) is 13.5 Å². The summed E-state index contributed by atoms with van der Waals surface area (Å²) in [5.74, 6) is 0. The van der Waals surface area contributed by atoms with Crippen LogP contribution in [-0.2, 0) is 16.6 Å². The first kappa shape index (κ1) is 16.4. The van der Waals surface area contributed by atoms with Gasteiger partial charge in [-0.15, -0.1) is 0 Å². The Kier molecular flexibility index (Phi) is 5.75. The van der Waals surface area contributed by atoms with Crippen molar-refractivity contribution in [3.05, 3.63) is 29.8 Å². The van der Waals surface area contributed by atoms with E-state index in [-0.39, 0.29) is 17.5 Å². The molecule has 21 heavy (non-hydrogen) atoms. The molecule has 1 aromatic carbocycles. The van der Waals surface area contributed by atoms with Gasteiger partial charge in [0.2, 0.25) is 10.0 Å². The lowest BCUT2D eigenvalue weighted by molar-refractivity contribution is 0.207. The molecule has 0 amide bonds. The van der Waals surface area contributed by atoms with E-state index in [4.69, 9.17) is 0 Å². The van der Waals surface area contributed by atoms with Crippen LogP contribution in [-0.4, -0.2) is 44.1 Å². The summed E-state index contributed by atoms with van der Waals surface area (Å²) in [6.07, 6.45) is 2.79. The van der Waals surface area contributed by atoms with Crippen molar-refractivity contribution in [1.82, 2.24) is 9.62 Å². The molecule has 0 aliphatic carbocycles. The lowest BCUT2D eigenvalue weighted by Crippen LogP contribution is -2.44. The molecule has 6 heteroatoms. The van der Waals surface area contributed by atoms with Crippen LogP contribution in [0, 0.1) is 0 Å². The molecule has 1 heterocycles. The van der Waals surface area contributed by atoms with Gasteiger partial charge in [0.05, 0.1) is 11.5 Å². The van der Waals surface area contributed by atoms with Gasteiger partial charge in [-0.05, 0) is 50.5 Å². The van der Waals surface area contributed by atoms with Crippen LogP contribution in [0.2, 0.25) is 0 Å². The second kappa shape index (κ2) is 7.35. The summed E-state index contributed by atoms with van der Waals surface area (Å²) >= 11 is 0. The molecule has 1 saturated heterocycles. The second-order valence-corrected chi connectivity index (χ2v) is 7.19. The van der Waals surface area contributed by atoms with E-state index >= 15 is 0 Å². The monoisotopic (exact) mass is 312 g/mol. The Hall–Kier alpha value is -0.950. The van der Waals surface area contributed by atoms with Crippen LogP contribution in [0.4, 0.5) is 0 Å². The number of hydrogen-bond donors (Lipinski definition) is 2. The second-order valence-electron chi connectivity index (χ2n) is 5.50. The average molecular weight is 312 g/mol. The standard InChI is InChI=1S/C15H24N2O3S/c1-2-9-17-10-7-14(8-11-17)16-21(19,20)15-6-4-3-5-13(15)12-18/h3-6,14,16,18H,2,7-12H2,1H3. The van der Waals surface area contributed by atoms with E-state index in [1.54, 1.807) is 24.3 Å². The van der Waals surface area contributed by atoms with Crippen molar-refractivity contribution in [2.75, 3.05) is 19.6 Å². The maximum absolute atomic E-state index is 12.5. The Morgan fingerprint density at radius 1 is 1.29 bits per heavy atom. The Labute approximate surface area is 127 Å². The number of hydrogen-bond acceptors (Lipinski definition) is 4. The molecule has 0 atom stereocenters. The van der Waals surface area contributed by atoms with Crippen molar-refractivity contribution in [3.8, 4) is 0 Å². The largest absolute Gasteiger partial charge is 0.392 e. The van der Waals surface area contributed by atoms with Crippen LogP contribution < -0.4 is 4.72 Å². The van der Waals surface area contributed by atoms with Crippen molar-refractivity contribution in [2.45, 2.75) is 43.7 Å². The highest BCUT2D eigenvalue weighted by atomic mass is 32.2. The first-order valence-corrected chi connectivity index (χ1v) is 8.98. The lowest BCUT2D eigenvalue weighted by atomic mass is 10.1. The van der Waals surface area contributed by atoms with E-state index in [1.165, 1.54) is 0 Å². The van der Waals surface area contributed by atoms with E-state index in [0.29, 0.717) is 5.56 Å². The van der Waals surface area contributed by atoms with Gasteiger partial charge >= 0.3 is 0 Å². The summed E-state index contributed by atoms with van der Waals surface area (Å²) in [4.78, 5) is 2.55. The van der Waals surface area contributed by atoms with Gasteiger partial charge < -0.3 is 10.0 Å². The first-order valence-electron chi connectivity index (χ1n) is 7.50. The zero-order valence-corrected chi connectivity index (χ0v) is 13.3. The fraction of sp³-hybridized carbons (Fsp3) is 0.600. The molecule has 118 valence electrons. The van der Waals surface area contributed by atoms with Gasteiger partial charge in [0.15, 0.2) is 0 Å². The minimum Gasteiger partial charge on any atom is -0.392 e. The molecule has 0 aromatic heterocycles. The lowest BCUT2D eigenvalue weighted by Gasteiger charge is -2.32. The number of aliphatic hydroxyl groups is 1. The summed E-state index contributed by atoms with van der Waals surface area (Å²) in [6, 6.07) is 6.57. The number of piperidine rings is 1. The summed E-state index contributed by atoms with van der Waals surface area (Å²) in [5, 5.41) is 9.28. The molecular weight excluding hydrogens is 288 g/mol. The summed E-state index contributed by atoms with van der Waals surface area (Å²) < 4.78 is 27.7. The third-order valence-corrected chi connectivity index (χ3v) is 5.50. The van der Waals surface area contributed by atoms with Gasteiger partial charge in [-0.25, -0.2) is 13.1 Å². The zero-order valence-electron chi connectivity index (χ0n) is 12.5. The number of aliphatic hydroxyl groups excluding tert-OH is 1. The molecule has 1 aliphatic rings. The van der Waals surface area contributed by atoms with Gasteiger partial charge in [-0.2, -0.15) is 0 Å². The van der Waals surface area contributed by atoms with Gasteiger partial charge in [0.25, 0.3) is 0 Å². The Morgan fingerprint density at radius 2 is 1.95 bits per heavy atom. The predicted molar refractivity (Wildman–Crippen MR) is 82.4 cm³/mol. The molecule has 0 spiro atoms. The van der Waals surface area contributed by atoms with E-state index in [0.717, 1.165) is 38.9 Å². The van der Waals surface area contributed by atoms with Crippen LogP contribution in [0.25, 0.3) is 0 Å². The molecule has 0 saturated carbocycles. The van der Waals surface area contributed by atoms with Gasteiger partial charge in [0.1, 0.15) is 0 Å². The third-order valence-electron chi connectivity index (χ3n) is 3.88. The molecule has 0 radical (unpaired) electrons. The van der Waals surface area contributed by atoms with Crippen molar-refractivity contribution < 1.29 is 13.5 Å². The topological polar surface area (TPSA) is 69.6 Å². The SMILES string of the molecule is CCCN1CCC(NS(=O)(=O)c2ccccc2CO)CC1. The molecule has 5 nitrogen and oxygen atoms in total. The van der Waals surface area contributed by atoms with Crippen LogP contribution in [0.3, 0.4) is 0 Å². The molecule has 1 aromatic rings. The first-order chi connectivity index (χ1) is 10.1. The highest BCUT2D eigenvalue weighted by Crippen LogP contribution is 2.18. The minimum atomic E-state index is -3.56. The summed E-state index contributed by atoms with van der Waals surface area (Å²) in [6.45, 7) is 4.82. The quantitative estimate of drug-likeness (QED) is 0.831. The smallest absolute Gasteiger partial charge is 0.241 e. The van der Waals surface area contributed by atoms with Crippen LogP contribution >= 0.6 is 0 Å². The van der Waals surface area contributed by atoms with Crippen molar-refractivity contribution in [3.63, 3.8) is 0 Å². The van der Waals surface area contributed by atoms with Crippen LogP contribution in [0.1, 0.15) is 31.7 Å². The van der Waals surface area contributed by atoms with Crippen molar-refractivity contribution in [2.24, 2.45) is 0 Å². The molecular formula is C15H24N2O3S. The van der Waals surface area contributed by atoms with E-state index in [2.05, 4.69) is 16.5 Å². The number of likely N-dealkylation sites (tertiary alicyclic amines) is 1. The normalized spacial score (nSPS) is 18.0. The number of rotatable bonds is 6. The molecule has 2 N–H and O–H groups in total. The number of benzene rings is 1. The summed E-state index contributed by atoms with van der Waals surface area (Å²) in [7, 11) is -3.56. The van der Waals surface area contributed by atoms with Crippen LogP contribution in [0.5, 0.6) is 0 Å². The Balaban J connectivity index is 2.02.